The van der Waals surface area contributed by atoms with Gasteiger partial charge >= 0.3 is 0 Å². The average Bonchev–Trinajstić information content (AvgIpc) is 3.05. The van der Waals surface area contributed by atoms with Crippen LogP contribution in [0.3, 0.4) is 0 Å². The van der Waals surface area contributed by atoms with Crippen LogP contribution in [0.25, 0.3) is 0 Å². The number of aliphatic imine (C=N–C) groups is 1. The van der Waals surface area contributed by atoms with E-state index in [0.717, 1.165) is 31.5 Å². The molecule has 0 spiro atoms. The van der Waals surface area contributed by atoms with E-state index in [2.05, 4.69) is 38.2 Å². The molecule has 0 aromatic heterocycles. The molecule has 264 valence electrons. The number of hydrogen-bond donors (Lipinski definition) is 8. The summed E-state index contributed by atoms with van der Waals surface area (Å²) in [5.41, 5.74) is 23.1. The Labute approximate surface area is 279 Å². The summed E-state index contributed by atoms with van der Waals surface area (Å²) >= 11 is 0. The van der Waals surface area contributed by atoms with Crippen molar-refractivity contribution in [3.8, 4) is 0 Å². The number of nitrogens with two attached hydrogens (primary N) is 4. The number of likely N-dealkylation sites (tertiary alicyclic amines) is 1. The first-order valence-electron chi connectivity index (χ1n) is 17.0. The number of carbonyl (C=O) groups excluding carboxylic acids is 4. The molecular formula is C33H58N10O4. The SMILES string of the molecule is CN1CCC(CNC(=O)[C@H](CCCN=C(N)N)NC(=O)[C@H](CCCCN)NC(=O)[C@H](CCCCN)NC(=O)Cc2ccccc2)CC1. The van der Waals surface area contributed by atoms with Crippen molar-refractivity contribution in [1.29, 1.82) is 0 Å². The number of guanidine groups is 1. The van der Waals surface area contributed by atoms with E-state index < -0.39 is 29.9 Å². The van der Waals surface area contributed by atoms with Gasteiger partial charge in [-0.3, -0.25) is 24.2 Å². The van der Waals surface area contributed by atoms with E-state index in [9.17, 15) is 19.2 Å². The molecule has 0 bridgehead atoms. The lowest BCUT2D eigenvalue weighted by molar-refractivity contribution is -0.134. The molecule has 0 radical (unpaired) electrons. The van der Waals surface area contributed by atoms with Crippen LogP contribution in [0, 0.1) is 5.92 Å². The lowest BCUT2D eigenvalue weighted by Gasteiger charge is -2.30. The number of benzene rings is 1. The fraction of sp³-hybridized carbons (Fsp3) is 0.667. The molecule has 0 saturated carbocycles. The van der Waals surface area contributed by atoms with Gasteiger partial charge in [0.25, 0.3) is 0 Å². The highest BCUT2D eigenvalue weighted by Crippen LogP contribution is 2.15. The molecule has 47 heavy (non-hydrogen) atoms. The third kappa shape index (κ3) is 16.6. The van der Waals surface area contributed by atoms with Gasteiger partial charge < -0.3 is 49.1 Å². The van der Waals surface area contributed by atoms with Crippen LogP contribution < -0.4 is 44.2 Å². The van der Waals surface area contributed by atoms with Crippen LogP contribution in [0.4, 0.5) is 0 Å². The molecule has 2 rings (SSSR count). The van der Waals surface area contributed by atoms with E-state index in [1.54, 1.807) is 0 Å². The predicted molar refractivity (Wildman–Crippen MR) is 185 cm³/mol. The second-order valence-corrected chi connectivity index (χ2v) is 12.4. The molecule has 0 unspecified atom stereocenters. The van der Waals surface area contributed by atoms with Crippen molar-refractivity contribution < 1.29 is 19.2 Å². The van der Waals surface area contributed by atoms with E-state index >= 15 is 0 Å². The van der Waals surface area contributed by atoms with Crippen LogP contribution in [-0.4, -0.2) is 98.9 Å². The number of hydrogen-bond acceptors (Lipinski definition) is 8. The Morgan fingerprint density at radius 3 is 1.87 bits per heavy atom. The normalized spacial score (nSPS) is 15.6. The summed E-state index contributed by atoms with van der Waals surface area (Å²) < 4.78 is 0. The van der Waals surface area contributed by atoms with Crippen LogP contribution >= 0.6 is 0 Å². The van der Waals surface area contributed by atoms with Gasteiger partial charge in [0.2, 0.25) is 23.6 Å². The van der Waals surface area contributed by atoms with E-state index in [1.807, 2.05) is 30.3 Å². The number of nitrogens with zero attached hydrogens (tertiary/aromatic N) is 2. The van der Waals surface area contributed by atoms with Crippen molar-refractivity contribution in [3.05, 3.63) is 35.9 Å². The fourth-order valence-electron chi connectivity index (χ4n) is 5.50. The lowest BCUT2D eigenvalue weighted by atomic mass is 9.97. The molecule has 0 aliphatic carbocycles. The first-order valence-corrected chi connectivity index (χ1v) is 17.0. The standard InChI is InChI=1S/C33H58N10O4/c1-43-20-15-25(16-21-43)23-39-30(45)26(14-9-19-38-33(36)37)41-32(47)28(13-6-8-18-35)42-31(46)27(12-5-7-17-34)40-29(44)22-24-10-3-2-4-11-24/h2-4,10-11,25-28H,5-9,12-23,34-35H2,1H3,(H,39,45)(H,40,44)(H,41,47)(H,42,46)(H4,36,37,38)/t26-,27-,28-/m0/s1. The molecule has 1 aromatic rings. The largest absolute Gasteiger partial charge is 0.370 e. The van der Waals surface area contributed by atoms with Gasteiger partial charge in [0, 0.05) is 13.1 Å². The maximum absolute atomic E-state index is 13.7. The second kappa shape index (κ2) is 22.7. The third-order valence-corrected chi connectivity index (χ3v) is 8.37. The lowest BCUT2D eigenvalue weighted by Crippen LogP contribution is -2.57. The van der Waals surface area contributed by atoms with Crippen LogP contribution in [-0.2, 0) is 25.6 Å². The Bertz CT molecular complexity index is 1110. The molecule has 12 N–H and O–H groups in total. The molecule has 3 atom stereocenters. The summed E-state index contributed by atoms with van der Waals surface area (Å²) in [7, 11) is 2.08. The Morgan fingerprint density at radius 2 is 1.32 bits per heavy atom. The van der Waals surface area contributed by atoms with Gasteiger partial charge in [0.05, 0.1) is 6.42 Å². The smallest absolute Gasteiger partial charge is 0.243 e. The quantitative estimate of drug-likeness (QED) is 0.0453. The minimum atomic E-state index is -0.932. The number of nitrogens with one attached hydrogen (secondary N) is 4. The molecule has 1 aromatic carbocycles. The summed E-state index contributed by atoms with van der Waals surface area (Å²) in [6, 6.07) is 6.63. The van der Waals surface area contributed by atoms with Gasteiger partial charge in [-0.2, -0.15) is 0 Å². The van der Waals surface area contributed by atoms with Crippen molar-refractivity contribution in [3.63, 3.8) is 0 Å². The predicted octanol–water partition coefficient (Wildman–Crippen LogP) is -0.547. The first kappa shape index (κ1) is 39.4. The van der Waals surface area contributed by atoms with E-state index in [-0.39, 0.29) is 24.2 Å². The zero-order valence-electron chi connectivity index (χ0n) is 28.1. The number of unbranched alkanes of at least 4 members (excludes halogenated alkanes) is 2. The monoisotopic (exact) mass is 658 g/mol. The van der Waals surface area contributed by atoms with Gasteiger partial charge in [-0.05, 0) is 109 Å². The minimum absolute atomic E-state index is 0.0446. The van der Waals surface area contributed by atoms with Crippen molar-refractivity contribution >= 4 is 29.6 Å². The number of rotatable bonds is 22. The van der Waals surface area contributed by atoms with Gasteiger partial charge in [-0.15, -0.1) is 0 Å². The highest BCUT2D eigenvalue weighted by molar-refractivity contribution is 5.94. The summed E-state index contributed by atoms with van der Waals surface area (Å²) in [5.74, 6) is -1.21. The third-order valence-electron chi connectivity index (χ3n) is 8.37. The van der Waals surface area contributed by atoms with Crippen molar-refractivity contribution in [1.82, 2.24) is 26.2 Å². The van der Waals surface area contributed by atoms with Crippen molar-refractivity contribution in [2.45, 2.75) is 88.8 Å². The maximum atomic E-state index is 13.7. The molecule has 14 nitrogen and oxygen atoms in total. The Morgan fingerprint density at radius 1 is 0.787 bits per heavy atom. The van der Waals surface area contributed by atoms with Gasteiger partial charge in [0.15, 0.2) is 5.96 Å². The van der Waals surface area contributed by atoms with E-state index in [4.69, 9.17) is 22.9 Å². The Hall–Kier alpha value is -3.75. The second-order valence-electron chi connectivity index (χ2n) is 12.4. The fourth-order valence-corrected chi connectivity index (χ4v) is 5.50. The average molecular weight is 659 g/mol. The molecule has 4 amide bonds. The Kier molecular flexibility index (Phi) is 19.1. The van der Waals surface area contributed by atoms with Gasteiger partial charge in [-0.25, -0.2) is 0 Å². The number of amides is 4. The molecule has 1 aliphatic rings. The van der Waals surface area contributed by atoms with Crippen LogP contribution in [0.5, 0.6) is 0 Å². The maximum Gasteiger partial charge on any atom is 0.243 e. The molecule has 1 aliphatic heterocycles. The van der Waals surface area contributed by atoms with Crippen LogP contribution in [0.2, 0.25) is 0 Å². The zero-order valence-corrected chi connectivity index (χ0v) is 28.1. The molecule has 14 heteroatoms. The highest BCUT2D eigenvalue weighted by atomic mass is 16.2. The zero-order chi connectivity index (χ0) is 34.4. The summed E-state index contributed by atoms with van der Waals surface area (Å²) in [4.78, 5) is 59.8. The summed E-state index contributed by atoms with van der Waals surface area (Å²) in [5, 5.41) is 11.6. The number of piperidine rings is 1. The Balaban J connectivity index is 2.13. The van der Waals surface area contributed by atoms with Crippen LogP contribution in [0.1, 0.15) is 69.8 Å². The van der Waals surface area contributed by atoms with Crippen molar-refractivity contribution in [2.24, 2.45) is 33.8 Å². The van der Waals surface area contributed by atoms with Gasteiger partial charge in [-0.1, -0.05) is 30.3 Å². The van der Waals surface area contributed by atoms with Crippen molar-refractivity contribution in [2.75, 3.05) is 46.3 Å². The summed E-state index contributed by atoms with van der Waals surface area (Å²) in [6.07, 6.45) is 6.12. The molecule has 1 heterocycles. The van der Waals surface area contributed by atoms with E-state index in [0.29, 0.717) is 83.5 Å². The van der Waals surface area contributed by atoms with E-state index in [1.165, 1.54) is 0 Å². The minimum Gasteiger partial charge on any atom is -0.370 e. The first-order chi connectivity index (χ1) is 22.6. The molecule has 1 fully saturated rings. The molecule has 1 saturated heterocycles. The number of carbonyl (C=O) groups is 4. The molecular weight excluding hydrogens is 600 g/mol. The van der Waals surface area contributed by atoms with Gasteiger partial charge in [0.1, 0.15) is 18.1 Å². The topological polar surface area (TPSA) is 236 Å². The highest BCUT2D eigenvalue weighted by Gasteiger charge is 2.30. The van der Waals surface area contributed by atoms with Crippen LogP contribution in [0.15, 0.2) is 35.3 Å². The summed E-state index contributed by atoms with van der Waals surface area (Å²) in [6.45, 7) is 3.68.